The van der Waals surface area contributed by atoms with Gasteiger partial charge >= 0.3 is 0 Å². The van der Waals surface area contributed by atoms with Crippen molar-refractivity contribution in [2.75, 3.05) is 37.7 Å². The Hall–Kier alpha value is -3.43. The number of nitrogens with zero attached hydrogens (tertiary/aromatic N) is 3. The zero-order chi connectivity index (χ0) is 27.6. The molecule has 2 saturated heterocycles. The Bertz CT molecular complexity index is 1450. The van der Waals surface area contributed by atoms with E-state index in [0.29, 0.717) is 25.3 Å². The number of carbonyl (C=O) groups excluding carboxylic acids is 2. The van der Waals surface area contributed by atoms with E-state index in [2.05, 4.69) is 24.1 Å². The summed E-state index contributed by atoms with van der Waals surface area (Å²) in [6.07, 6.45) is 1.66. The van der Waals surface area contributed by atoms with Crippen LogP contribution in [-0.2, 0) is 19.6 Å². The highest BCUT2D eigenvalue weighted by molar-refractivity contribution is 7.89. The smallest absolute Gasteiger partial charge is 0.250 e. The number of amides is 2. The molecule has 1 spiro atoms. The first kappa shape index (κ1) is 27.1. The molecule has 1 unspecified atom stereocenters. The number of hydrogen-bond acceptors (Lipinski definition) is 5. The number of para-hydroxylation sites is 1. The number of benzene rings is 3. The summed E-state index contributed by atoms with van der Waals surface area (Å²) < 4.78 is 28.7. The van der Waals surface area contributed by atoms with Crippen molar-refractivity contribution in [1.29, 1.82) is 0 Å². The number of sulfonamides is 1. The molecule has 5 rings (SSSR count). The average molecular weight is 549 g/mol. The van der Waals surface area contributed by atoms with Crippen LogP contribution in [0.3, 0.4) is 0 Å². The Morgan fingerprint density at radius 3 is 2.33 bits per heavy atom. The van der Waals surface area contributed by atoms with Gasteiger partial charge in [-0.1, -0.05) is 68.8 Å². The van der Waals surface area contributed by atoms with Gasteiger partial charge in [0.15, 0.2) is 0 Å². The second kappa shape index (κ2) is 11.0. The lowest BCUT2D eigenvalue weighted by atomic mass is 9.86. The standard InChI is InChI=1S/C30H36N4O4S/c1-3-23(2)20-31-28(35)21-32-22-34(26-11-5-4-6-12-26)30(29(32)36)15-17-33(18-16-30)39(37,38)27-14-13-24-9-7-8-10-25(24)19-27/h4-14,19,23H,3,15-18,20-22H2,1-2H3,(H,31,35). The molecule has 0 radical (unpaired) electrons. The third-order valence-electron chi connectivity index (χ3n) is 8.17. The highest BCUT2D eigenvalue weighted by Crippen LogP contribution is 2.40. The van der Waals surface area contributed by atoms with Crippen LogP contribution in [0.4, 0.5) is 5.69 Å². The molecular formula is C30H36N4O4S. The molecule has 9 heteroatoms. The zero-order valence-electron chi connectivity index (χ0n) is 22.5. The van der Waals surface area contributed by atoms with Crippen LogP contribution in [0.5, 0.6) is 0 Å². The first-order valence-corrected chi connectivity index (χ1v) is 15.1. The van der Waals surface area contributed by atoms with Gasteiger partial charge in [-0.15, -0.1) is 0 Å². The normalized spacial score (nSPS) is 18.6. The van der Waals surface area contributed by atoms with E-state index in [9.17, 15) is 18.0 Å². The predicted molar refractivity (Wildman–Crippen MR) is 153 cm³/mol. The Morgan fingerprint density at radius 1 is 0.974 bits per heavy atom. The van der Waals surface area contributed by atoms with Crippen LogP contribution in [0.2, 0.25) is 0 Å². The number of nitrogens with one attached hydrogen (secondary N) is 1. The molecule has 206 valence electrons. The van der Waals surface area contributed by atoms with E-state index < -0.39 is 15.6 Å². The molecule has 8 nitrogen and oxygen atoms in total. The summed E-state index contributed by atoms with van der Waals surface area (Å²) in [7, 11) is -3.72. The van der Waals surface area contributed by atoms with Gasteiger partial charge < -0.3 is 15.1 Å². The van der Waals surface area contributed by atoms with Gasteiger partial charge in [0.05, 0.1) is 11.6 Å². The fourth-order valence-corrected chi connectivity index (χ4v) is 7.03. The maximum atomic E-state index is 13.9. The third kappa shape index (κ3) is 5.25. The maximum absolute atomic E-state index is 13.9. The largest absolute Gasteiger partial charge is 0.354 e. The fourth-order valence-electron chi connectivity index (χ4n) is 5.56. The Morgan fingerprint density at radius 2 is 1.64 bits per heavy atom. The van der Waals surface area contributed by atoms with Crippen molar-refractivity contribution in [3.63, 3.8) is 0 Å². The van der Waals surface area contributed by atoms with E-state index in [0.717, 1.165) is 22.9 Å². The second-order valence-corrected chi connectivity index (χ2v) is 12.6. The predicted octanol–water partition coefficient (Wildman–Crippen LogP) is 3.83. The molecule has 39 heavy (non-hydrogen) atoms. The Labute approximate surface area is 230 Å². The molecule has 2 aliphatic rings. The lowest BCUT2D eigenvalue weighted by Gasteiger charge is -2.42. The molecule has 0 aromatic heterocycles. The van der Waals surface area contributed by atoms with Crippen molar-refractivity contribution in [2.45, 2.75) is 43.5 Å². The minimum Gasteiger partial charge on any atom is -0.354 e. The molecule has 1 N–H and O–H groups in total. The van der Waals surface area contributed by atoms with Crippen molar-refractivity contribution >= 4 is 38.3 Å². The summed E-state index contributed by atoms with van der Waals surface area (Å²) in [4.78, 5) is 30.5. The van der Waals surface area contributed by atoms with Crippen LogP contribution in [0.15, 0.2) is 77.7 Å². The van der Waals surface area contributed by atoms with E-state index in [1.807, 2.05) is 60.7 Å². The summed E-state index contributed by atoms with van der Waals surface area (Å²) in [6.45, 7) is 5.45. The summed E-state index contributed by atoms with van der Waals surface area (Å²) in [5.74, 6) is 0.0714. The van der Waals surface area contributed by atoms with Gasteiger partial charge in [0.1, 0.15) is 12.1 Å². The lowest BCUT2D eigenvalue weighted by molar-refractivity contribution is -0.137. The van der Waals surface area contributed by atoms with E-state index in [-0.39, 0.29) is 43.0 Å². The van der Waals surface area contributed by atoms with E-state index in [4.69, 9.17) is 0 Å². The first-order chi connectivity index (χ1) is 18.7. The van der Waals surface area contributed by atoms with E-state index in [1.165, 1.54) is 4.31 Å². The molecule has 2 amide bonds. The number of rotatable bonds is 8. The number of carbonyl (C=O) groups is 2. The van der Waals surface area contributed by atoms with Gasteiger partial charge in [0.2, 0.25) is 21.8 Å². The number of fused-ring (bicyclic) bond motifs is 1. The molecule has 3 aromatic rings. The molecule has 1 atom stereocenters. The molecule has 3 aromatic carbocycles. The number of hydrogen-bond donors (Lipinski definition) is 1. The molecule has 0 bridgehead atoms. The summed E-state index contributed by atoms with van der Waals surface area (Å²) in [5, 5.41) is 4.80. The lowest BCUT2D eigenvalue weighted by Crippen LogP contribution is -2.57. The molecule has 2 aliphatic heterocycles. The first-order valence-electron chi connectivity index (χ1n) is 13.6. The molecule has 2 fully saturated rings. The van der Waals surface area contributed by atoms with Crippen LogP contribution in [0.1, 0.15) is 33.1 Å². The Kier molecular flexibility index (Phi) is 7.64. The summed E-state index contributed by atoms with van der Waals surface area (Å²) >= 11 is 0. The van der Waals surface area contributed by atoms with Gasteiger partial charge in [-0.25, -0.2) is 8.42 Å². The van der Waals surface area contributed by atoms with Crippen molar-refractivity contribution < 1.29 is 18.0 Å². The van der Waals surface area contributed by atoms with Gasteiger partial charge in [-0.2, -0.15) is 4.31 Å². The molecule has 0 aliphatic carbocycles. The monoisotopic (exact) mass is 548 g/mol. The summed E-state index contributed by atoms with van der Waals surface area (Å²) in [5.41, 5.74) is -0.00694. The van der Waals surface area contributed by atoms with Gasteiger partial charge in [0.25, 0.3) is 0 Å². The highest BCUT2D eigenvalue weighted by Gasteiger charge is 2.55. The maximum Gasteiger partial charge on any atom is 0.250 e. The van der Waals surface area contributed by atoms with Crippen LogP contribution in [-0.4, -0.2) is 67.8 Å². The van der Waals surface area contributed by atoms with E-state index >= 15 is 0 Å². The van der Waals surface area contributed by atoms with Crippen LogP contribution < -0.4 is 10.2 Å². The van der Waals surface area contributed by atoms with Crippen LogP contribution in [0, 0.1) is 5.92 Å². The van der Waals surface area contributed by atoms with Gasteiger partial charge in [-0.3, -0.25) is 9.59 Å². The van der Waals surface area contributed by atoms with Crippen molar-refractivity contribution in [3.05, 3.63) is 72.8 Å². The van der Waals surface area contributed by atoms with Gasteiger partial charge in [0, 0.05) is 25.3 Å². The fraction of sp³-hybridized carbons (Fsp3) is 0.400. The average Bonchev–Trinajstić information content (AvgIpc) is 3.22. The second-order valence-electron chi connectivity index (χ2n) is 10.7. The molecule has 0 saturated carbocycles. The minimum atomic E-state index is -3.72. The van der Waals surface area contributed by atoms with Crippen molar-refractivity contribution in [1.82, 2.24) is 14.5 Å². The van der Waals surface area contributed by atoms with Gasteiger partial charge in [-0.05, 0) is 53.8 Å². The topological polar surface area (TPSA) is 90.0 Å². The zero-order valence-corrected chi connectivity index (χ0v) is 23.4. The van der Waals surface area contributed by atoms with Crippen molar-refractivity contribution in [2.24, 2.45) is 5.92 Å². The Balaban J connectivity index is 1.36. The quantitative estimate of drug-likeness (QED) is 0.462. The molecular weight excluding hydrogens is 512 g/mol. The SMILES string of the molecule is CCC(C)CNC(=O)CN1CN(c2ccccc2)C2(CCN(S(=O)(=O)c3ccc4ccccc4c3)CC2)C1=O. The van der Waals surface area contributed by atoms with Crippen LogP contribution >= 0.6 is 0 Å². The van der Waals surface area contributed by atoms with Crippen LogP contribution in [0.25, 0.3) is 10.8 Å². The third-order valence-corrected chi connectivity index (χ3v) is 10.1. The number of anilines is 1. The minimum absolute atomic E-state index is 0.0144. The molecule has 2 heterocycles. The number of piperidine rings is 1. The highest BCUT2D eigenvalue weighted by atomic mass is 32.2. The summed E-state index contributed by atoms with van der Waals surface area (Å²) in [6, 6.07) is 22.6. The van der Waals surface area contributed by atoms with E-state index in [1.54, 1.807) is 17.0 Å². The van der Waals surface area contributed by atoms with Crippen molar-refractivity contribution in [3.8, 4) is 0 Å².